The van der Waals surface area contributed by atoms with Crippen LogP contribution in [0.2, 0.25) is 0 Å². The molecule has 2 heterocycles. The third kappa shape index (κ3) is 1.93. The largest absolute Gasteiger partial charge is 0.281 e. The maximum Gasteiger partial charge on any atom is 0.0673 e. The first-order valence-corrected chi connectivity index (χ1v) is 4.16. The van der Waals surface area contributed by atoms with E-state index in [0.29, 0.717) is 0 Å². The van der Waals surface area contributed by atoms with Crippen LogP contribution in [0.3, 0.4) is 0 Å². The van der Waals surface area contributed by atoms with E-state index in [0.717, 1.165) is 17.8 Å². The van der Waals surface area contributed by atoms with Gasteiger partial charge < -0.3 is 0 Å². The molecular formula is C10H10N3. The number of hydrogen-bond donors (Lipinski definition) is 1. The van der Waals surface area contributed by atoms with Gasteiger partial charge in [-0.05, 0) is 18.6 Å². The zero-order valence-corrected chi connectivity index (χ0v) is 7.41. The minimum Gasteiger partial charge on any atom is -0.281 e. The van der Waals surface area contributed by atoms with Gasteiger partial charge in [0, 0.05) is 30.6 Å². The van der Waals surface area contributed by atoms with E-state index in [9.17, 15) is 0 Å². The Morgan fingerprint density at radius 1 is 1.54 bits per heavy atom. The lowest BCUT2D eigenvalue weighted by Crippen LogP contribution is -1.88. The Morgan fingerprint density at radius 2 is 2.46 bits per heavy atom. The molecule has 1 radical (unpaired) electrons. The highest BCUT2D eigenvalue weighted by atomic mass is 15.1. The van der Waals surface area contributed by atoms with E-state index in [-0.39, 0.29) is 0 Å². The minimum absolute atomic E-state index is 0.814. The first-order chi connectivity index (χ1) is 6.34. The first-order valence-electron chi connectivity index (χ1n) is 4.16. The predicted octanol–water partition coefficient (Wildman–Crippen LogP) is 1.50. The Bertz CT molecular complexity index is 378. The van der Waals surface area contributed by atoms with Gasteiger partial charge in [-0.25, -0.2) is 0 Å². The van der Waals surface area contributed by atoms with Crippen LogP contribution in [0.25, 0.3) is 0 Å². The summed E-state index contributed by atoms with van der Waals surface area (Å²) in [5.74, 6) is 0. The van der Waals surface area contributed by atoms with Gasteiger partial charge in [-0.1, -0.05) is 6.07 Å². The average molecular weight is 172 g/mol. The fourth-order valence-electron chi connectivity index (χ4n) is 1.22. The molecule has 0 saturated heterocycles. The van der Waals surface area contributed by atoms with Crippen molar-refractivity contribution in [2.45, 2.75) is 13.3 Å². The molecule has 0 aliphatic carbocycles. The number of H-pyrrole nitrogens is 1. The molecule has 3 heteroatoms. The molecule has 0 saturated carbocycles. The molecule has 13 heavy (non-hydrogen) atoms. The quantitative estimate of drug-likeness (QED) is 0.745. The number of aryl methyl sites for hydroxylation is 1. The van der Waals surface area contributed by atoms with Crippen molar-refractivity contribution in [2.24, 2.45) is 0 Å². The maximum atomic E-state index is 4.04. The zero-order chi connectivity index (χ0) is 9.10. The molecule has 2 rings (SSSR count). The summed E-state index contributed by atoms with van der Waals surface area (Å²) in [6, 6.07) is 7.10. The summed E-state index contributed by atoms with van der Waals surface area (Å²) >= 11 is 0. The van der Waals surface area contributed by atoms with Crippen LogP contribution >= 0.6 is 0 Å². The summed E-state index contributed by atoms with van der Waals surface area (Å²) in [6.45, 7) is 1.92. The number of hydrogen-bond acceptors (Lipinski definition) is 2. The van der Waals surface area contributed by atoms with Crippen LogP contribution in [0.4, 0.5) is 0 Å². The van der Waals surface area contributed by atoms with Gasteiger partial charge in [-0.15, -0.1) is 0 Å². The van der Waals surface area contributed by atoms with Gasteiger partial charge in [0.25, 0.3) is 0 Å². The highest BCUT2D eigenvalue weighted by Gasteiger charge is 1.98. The molecule has 0 amide bonds. The first kappa shape index (κ1) is 7.98. The van der Waals surface area contributed by atoms with E-state index < -0.39 is 0 Å². The highest BCUT2D eigenvalue weighted by molar-refractivity contribution is 5.17. The van der Waals surface area contributed by atoms with Crippen molar-refractivity contribution >= 4 is 0 Å². The second-order valence-corrected chi connectivity index (χ2v) is 2.95. The van der Waals surface area contributed by atoms with E-state index in [2.05, 4.69) is 21.2 Å². The van der Waals surface area contributed by atoms with E-state index >= 15 is 0 Å². The summed E-state index contributed by atoms with van der Waals surface area (Å²) in [5, 5.41) is 6.93. The lowest BCUT2D eigenvalue weighted by atomic mass is 10.1. The molecule has 0 aliphatic heterocycles. The van der Waals surface area contributed by atoms with Crippen LogP contribution < -0.4 is 0 Å². The number of aromatic amines is 1. The standard InChI is InChI=1S/C10H10N3/c1-8-5-10(13-12-8)6-9-3-2-4-11-7-9/h2-4,7H,6H2,1H3,(H,12,13). The molecule has 0 bridgehead atoms. The maximum absolute atomic E-state index is 4.04. The molecule has 0 aliphatic rings. The molecule has 1 N–H and O–H groups in total. The molecule has 0 fully saturated rings. The Hall–Kier alpha value is -1.64. The fourth-order valence-corrected chi connectivity index (χ4v) is 1.22. The monoisotopic (exact) mass is 172 g/mol. The van der Waals surface area contributed by atoms with Gasteiger partial charge in [-0.3, -0.25) is 10.1 Å². The summed E-state index contributed by atoms with van der Waals surface area (Å²) in [5.41, 5.74) is 3.08. The van der Waals surface area contributed by atoms with E-state index in [4.69, 9.17) is 0 Å². The second-order valence-electron chi connectivity index (χ2n) is 2.95. The van der Waals surface area contributed by atoms with Crippen molar-refractivity contribution in [3.05, 3.63) is 47.5 Å². The Labute approximate surface area is 76.8 Å². The normalized spacial score (nSPS) is 10.2. The molecule has 2 aromatic heterocycles. The Kier molecular flexibility index (Phi) is 2.08. The summed E-state index contributed by atoms with van der Waals surface area (Å²) in [7, 11) is 0. The van der Waals surface area contributed by atoms with Crippen LogP contribution in [0, 0.1) is 13.0 Å². The number of aromatic nitrogens is 3. The van der Waals surface area contributed by atoms with Crippen molar-refractivity contribution in [2.75, 3.05) is 0 Å². The number of nitrogens with one attached hydrogen (secondary N) is 1. The molecule has 0 unspecified atom stereocenters. The number of pyridine rings is 1. The molecular weight excluding hydrogens is 162 g/mol. The SMILES string of the molecule is Cc1[c]c(Cc2cccnc2)[nH]n1. The summed E-state index contributed by atoms with van der Waals surface area (Å²) in [4.78, 5) is 4.04. The van der Waals surface area contributed by atoms with E-state index in [1.165, 1.54) is 5.56 Å². The van der Waals surface area contributed by atoms with Crippen molar-refractivity contribution < 1.29 is 0 Å². The molecule has 2 aromatic rings. The van der Waals surface area contributed by atoms with Gasteiger partial charge in [0.1, 0.15) is 0 Å². The molecule has 0 atom stereocenters. The molecule has 0 aromatic carbocycles. The van der Waals surface area contributed by atoms with Crippen molar-refractivity contribution in [1.29, 1.82) is 0 Å². The lowest BCUT2D eigenvalue weighted by Gasteiger charge is -1.95. The number of rotatable bonds is 2. The van der Waals surface area contributed by atoms with Crippen LogP contribution in [0.5, 0.6) is 0 Å². The Morgan fingerprint density at radius 3 is 3.08 bits per heavy atom. The summed E-state index contributed by atoms with van der Waals surface area (Å²) in [6.07, 6.45) is 4.43. The van der Waals surface area contributed by atoms with Gasteiger partial charge in [-0.2, -0.15) is 5.10 Å². The lowest BCUT2D eigenvalue weighted by molar-refractivity contribution is 0.975. The molecule has 3 nitrogen and oxygen atoms in total. The van der Waals surface area contributed by atoms with Crippen molar-refractivity contribution in [3.63, 3.8) is 0 Å². The zero-order valence-electron chi connectivity index (χ0n) is 7.41. The third-order valence-electron chi connectivity index (χ3n) is 1.79. The van der Waals surface area contributed by atoms with Crippen LogP contribution in [-0.4, -0.2) is 15.2 Å². The van der Waals surface area contributed by atoms with Crippen molar-refractivity contribution in [1.82, 2.24) is 15.2 Å². The summed E-state index contributed by atoms with van der Waals surface area (Å²) < 4.78 is 0. The fraction of sp³-hybridized carbons (Fsp3) is 0.200. The predicted molar refractivity (Wildman–Crippen MR) is 49.2 cm³/mol. The minimum atomic E-state index is 0.814. The molecule has 0 spiro atoms. The van der Waals surface area contributed by atoms with E-state index in [1.54, 1.807) is 6.20 Å². The second kappa shape index (κ2) is 3.39. The van der Waals surface area contributed by atoms with Gasteiger partial charge in [0.05, 0.1) is 5.69 Å². The molecule has 65 valence electrons. The highest BCUT2D eigenvalue weighted by Crippen LogP contribution is 2.05. The van der Waals surface area contributed by atoms with Crippen LogP contribution in [-0.2, 0) is 6.42 Å². The van der Waals surface area contributed by atoms with Gasteiger partial charge in [0.2, 0.25) is 0 Å². The average Bonchev–Trinajstić information content (AvgIpc) is 2.53. The Balaban J connectivity index is 2.15. The van der Waals surface area contributed by atoms with E-state index in [1.807, 2.05) is 25.3 Å². The topological polar surface area (TPSA) is 41.6 Å². The van der Waals surface area contributed by atoms with Gasteiger partial charge >= 0.3 is 0 Å². The number of nitrogens with zero attached hydrogens (tertiary/aromatic N) is 2. The van der Waals surface area contributed by atoms with Crippen molar-refractivity contribution in [3.8, 4) is 0 Å². The van der Waals surface area contributed by atoms with Gasteiger partial charge in [0.15, 0.2) is 0 Å². The van der Waals surface area contributed by atoms with Crippen LogP contribution in [0.15, 0.2) is 24.5 Å². The third-order valence-corrected chi connectivity index (χ3v) is 1.79. The van der Waals surface area contributed by atoms with Crippen LogP contribution in [0.1, 0.15) is 17.0 Å². The smallest absolute Gasteiger partial charge is 0.0673 e.